The summed E-state index contributed by atoms with van der Waals surface area (Å²) in [4.78, 5) is 23.9. The third-order valence-electron chi connectivity index (χ3n) is 4.53. The zero-order chi connectivity index (χ0) is 21.9. The first-order valence-electron chi connectivity index (χ1n) is 8.67. The van der Waals surface area contributed by atoms with Gasteiger partial charge in [0.05, 0.1) is 39.6 Å². The number of rotatable bonds is 8. The molecule has 156 valence electrons. The topological polar surface area (TPSA) is 112 Å². The second-order valence-electron chi connectivity index (χ2n) is 6.29. The Hall–Kier alpha value is -3.42. The summed E-state index contributed by atoms with van der Waals surface area (Å²) < 4.78 is 21.3. The molecule has 8 nitrogen and oxygen atoms in total. The Balaban J connectivity index is 2.79. The average Bonchev–Trinajstić information content (AvgIpc) is 2.68. The van der Waals surface area contributed by atoms with Gasteiger partial charge in [-0.25, -0.2) is 0 Å². The summed E-state index contributed by atoms with van der Waals surface area (Å²) in [5.41, 5.74) is 1.14. The SMILES string of the molecule is COc1c(Cc2cc(C(C)=O)c(O)c(OC)c2OC)cc(C(C)=O)c(O)c1OC. The molecular weight excluding hydrogens is 380 g/mol. The van der Waals surface area contributed by atoms with E-state index in [1.165, 1.54) is 54.4 Å². The van der Waals surface area contributed by atoms with E-state index in [2.05, 4.69) is 0 Å². The summed E-state index contributed by atoms with van der Waals surface area (Å²) in [6.07, 6.45) is 0.139. The van der Waals surface area contributed by atoms with E-state index in [1.807, 2.05) is 0 Å². The minimum atomic E-state index is -0.357. The average molecular weight is 404 g/mol. The molecule has 8 heteroatoms. The normalized spacial score (nSPS) is 10.4. The molecule has 0 saturated heterocycles. The van der Waals surface area contributed by atoms with E-state index in [1.54, 1.807) is 0 Å². The summed E-state index contributed by atoms with van der Waals surface area (Å²) in [6.45, 7) is 2.64. The summed E-state index contributed by atoms with van der Waals surface area (Å²) in [6, 6.07) is 2.98. The van der Waals surface area contributed by atoms with Crippen molar-refractivity contribution in [2.24, 2.45) is 0 Å². The Morgan fingerprint density at radius 1 is 0.690 bits per heavy atom. The first-order chi connectivity index (χ1) is 13.7. The van der Waals surface area contributed by atoms with Gasteiger partial charge in [0.1, 0.15) is 0 Å². The molecule has 0 bridgehead atoms. The molecule has 2 N–H and O–H groups in total. The number of ether oxygens (including phenoxy) is 4. The molecule has 0 saturated carbocycles. The number of carbonyl (C=O) groups excluding carboxylic acids is 2. The fourth-order valence-corrected chi connectivity index (χ4v) is 3.20. The van der Waals surface area contributed by atoms with Gasteiger partial charge in [0, 0.05) is 17.5 Å². The highest BCUT2D eigenvalue weighted by Crippen LogP contribution is 2.46. The maximum Gasteiger partial charge on any atom is 0.204 e. The second-order valence-corrected chi connectivity index (χ2v) is 6.29. The van der Waals surface area contributed by atoms with Gasteiger partial charge in [-0.1, -0.05) is 0 Å². The Bertz CT molecular complexity index is 885. The van der Waals surface area contributed by atoms with Gasteiger partial charge in [0.15, 0.2) is 34.6 Å². The van der Waals surface area contributed by atoms with Gasteiger partial charge in [-0.2, -0.15) is 0 Å². The number of phenols is 2. The van der Waals surface area contributed by atoms with Crippen LogP contribution in [0.15, 0.2) is 12.1 Å². The van der Waals surface area contributed by atoms with Crippen molar-refractivity contribution in [1.29, 1.82) is 0 Å². The highest BCUT2D eigenvalue weighted by molar-refractivity contribution is 5.99. The van der Waals surface area contributed by atoms with Gasteiger partial charge in [-0.05, 0) is 26.0 Å². The molecule has 0 fully saturated rings. The fourth-order valence-electron chi connectivity index (χ4n) is 3.20. The van der Waals surface area contributed by atoms with Gasteiger partial charge < -0.3 is 29.2 Å². The largest absolute Gasteiger partial charge is 0.504 e. The molecule has 29 heavy (non-hydrogen) atoms. The van der Waals surface area contributed by atoms with Crippen LogP contribution in [0.3, 0.4) is 0 Å². The van der Waals surface area contributed by atoms with Crippen LogP contribution in [0.5, 0.6) is 34.5 Å². The number of hydrogen-bond donors (Lipinski definition) is 2. The zero-order valence-corrected chi connectivity index (χ0v) is 17.2. The third kappa shape index (κ3) is 3.91. The molecule has 0 atom stereocenters. The molecule has 0 amide bonds. The number of aromatic hydroxyl groups is 2. The number of ketones is 2. The molecular formula is C21H24O8. The summed E-state index contributed by atoms with van der Waals surface area (Å²) in [5, 5.41) is 20.7. The highest BCUT2D eigenvalue weighted by Gasteiger charge is 2.25. The lowest BCUT2D eigenvalue weighted by atomic mass is 9.95. The lowest BCUT2D eigenvalue weighted by molar-refractivity contribution is 0.100. The molecule has 0 aliphatic rings. The molecule has 2 aromatic rings. The maximum atomic E-state index is 12.0. The first-order valence-corrected chi connectivity index (χ1v) is 8.67. The number of methoxy groups -OCH3 is 4. The molecule has 0 radical (unpaired) electrons. The van der Waals surface area contributed by atoms with Crippen molar-refractivity contribution in [3.8, 4) is 34.5 Å². The maximum absolute atomic E-state index is 12.0. The van der Waals surface area contributed by atoms with E-state index in [4.69, 9.17) is 18.9 Å². The molecule has 0 unspecified atom stereocenters. The number of benzene rings is 2. The van der Waals surface area contributed by atoms with Crippen molar-refractivity contribution in [3.05, 3.63) is 34.4 Å². The quantitative estimate of drug-likeness (QED) is 0.646. The molecule has 0 aromatic heterocycles. The number of carbonyl (C=O) groups is 2. The van der Waals surface area contributed by atoms with Crippen LogP contribution in [-0.2, 0) is 6.42 Å². The van der Waals surface area contributed by atoms with Crippen molar-refractivity contribution < 1.29 is 38.7 Å². The Kier molecular flexibility index (Phi) is 6.58. The van der Waals surface area contributed by atoms with Crippen molar-refractivity contribution in [2.75, 3.05) is 28.4 Å². The summed E-state index contributed by atoms with van der Waals surface area (Å²) in [7, 11) is 5.51. The van der Waals surface area contributed by atoms with Crippen LogP contribution in [0.4, 0.5) is 0 Å². The van der Waals surface area contributed by atoms with Crippen LogP contribution in [0.25, 0.3) is 0 Å². The lowest BCUT2D eigenvalue weighted by Gasteiger charge is -2.19. The molecule has 0 spiro atoms. The predicted octanol–water partition coefficient (Wildman–Crippen LogP) is 3.13. The van der Waals surface area contributed by atoms with E-state index >= 15 is 0 Å². The zero-order valence-electron chi connectivity index (χ0n) is 17.2. The van der Waals surface area contributed by atoms with Gasteiger partial charge >= 0.3 is 0 Å². The third-order valence-corrected chi connectivity index (χ3v) is 4.53. The second kappa shape index (κ2) is 8.72. The van der Waals surface area contributed by atoms with Crippen molar-refractivity contribution in [1.82, 2.24) is 0 Å². The Labute approximate surface area is 168 Å². The first kappa shape index (κ1) is 21.9. The van der Waals surface area contributed by atoms with Crippen molar-refractivity contribution in [3.63, 3.8) is 0 Å². The highest BCUT2D eigenvalue weighted by atomic mass is 16.5. The molecule has 0 aliphatic heterocycles. The molecule has 0 aliphatic carbocycles. The Morgan fingerprint density at radius 2 is 1.00 bits per heavy atom. The number of Topliss-reactive ketones (excluding diaryl/α,β-unsaturated/α-hetero) is 2. The van der Waals surface area contributed by atoms with Gasteiger partial charge in [0.2, 0.25) is 11.5 Å². The van der Waals surface area contributed by atoms with Crippen molar-refractivity contribution in [2.45, 2.75) is 20.3 Å². The van der Waals surface area contributed by atoms with Crippen LogP contribution >= 0.6 is 0 Å². The van der Waals surface area contributed by atoms with Gasteiger partial charge in [-0.3, -0.25) is 9.59 Å². The van der Waals surface area contributed by atoms with Crippen LogP contribution in [0, 0.1) is 0 Å². The fraction of sp³-hybridized carbons (Fsp3) is 0.333. The van der Waals surface area contributed by atoms with E-state index in [9.17, 15) is 19.8 Å². The van der Waals surface area contributed by atoms with Crippen LogP contribution in [0.1, 0.15) is 45.7 Å². The summed E-state index contributed by atoms with van der Waals surface area (Å²) >= 11 is 0. The van der Waals surface area contributed by atoms with Gasteiger partial charge in [0.25, 0.3) is 0 Å². The minimum Gasteiger partial charge on any atom is -0.504 e. The monoisotopic (exact) mass is 404 g/mol. The smallest absolute Gasteiger partial charge is 0.204 e. The molecule has 0 heterocycles. The van der Waals surface area contributed by atoms with E-state index < -0.39 is 0 Å². The van der Waals surface area contributed by atoms with Gasteiger partial charge in [-0.15, -0.1) is 0 Å². The van der Waals surface area contributed by atoms with Crippen LogP contribution in [-0.4, -0.2) is 50.2 Å². The summed E-state index contributed by atoms with van der Waals surface area (Å²) in [5.74, 6) is -0.852. The molecule has 2 rings (SSSR count). The van der Waals surface area contributed by atoms with Crippen LogP contribution < -0.4 is 18.9 Å². The Morgan fingerprint density at radius 3 is 1.24 bits per heavy atom. The van der Waals surface area contributed by atoms with Crippen molar-refractivity contribution >= 4 is 11.6 Å². The predicted molar refractivity (Wildman–Crippen MR) is 105 cm³/mol. The van der Waals surface area contributed by atoms with E-state index in [0.29, 0.717) is 11.1 Å². The standard InChI is InChI=1S/C21H24O8/c1-10(22)14-8-12(18(26-3)20(28-5)16(14)24)7-13-9-15(11(2)23)17(25)21(29-6)19(13)27-4/h8-9,24-25H,7H2,1-6H3. The van der Waals surface area contributed by atoms with E-state index in [-0.39, 0.29) is 63.6 Å². The van der Waals surface area contributed by atoms with Crippen LogP contribution in [0.2, 0.25) is 0 Å². The minimum absolute atomic E-state index is 0.0201. The lowest BCUT2D eigenvalue weighted by Crippen LogP contribution is -2.06. The number of hydrogen-bond acceptors (Lipinski definition) is 8. The molecule has 2 aromatic carbocycles. The van der Waals surface area contributed by atoms with E-state index in [0.717, 1.165) is 0 Å². The number of phenolic OH excluding ortho intramolecular Hbond substituents is 2.